The third-order valence-corrected chi connectivity index (χ3v) is 2.81. The van der Waals surface area contributed by atoms with Gasteiger partial charge >= 0.3 is 0 Å². The molecule has 0 aromatic heterocycles. The Morgan fingerprint density at radius 1 is 1.24 bits per heavy atom. The molecule has 1 aromatic carbocycles. The molecule has 0 amide bonds. The lowest BCUT2D eigenvalue weighted by Crippen LogP contribution is -2.47. The number of ether oxygens (including phenoxy) is 1. The molecule has 1 aromatic rings. The standard InChI is InChI=1S/C14H22O3/c1-11(2)13(14(3,16)10-15)17-9-12-7-5-4-6-8-12/h4-8,11,13,15-16H,9-10H2,1-3H3/t13-,14-/m1/s1. The zero-order chi connectivity index (χ0) is 12.9. The Hall–Kier alpha value is -0.900. The number of rotatable bonds is 6. The summed E-state index contributed by atoms with van der Waals surface area (Å²) in [7, 11) is 0. The Labute approximate surface area is 103 Å². The van der Waals surface area contributed by atoms with E-state index in [0.717, 1.165) is 5.56 Å². The summed E-state index contributed by atoms with van der Waals surface area (Å²) in [4.78, 5) is 0. The Bertz CT molecular complexity index is 319. The van der Waals surface area contributed by atoms with Gasteiger partial charge in [0.1, 0.15) is 5.60 Å². The molecule has 2 atom stereocenters. The van der Waals surface area contributed by atoms with Crippen LogP contribution in [0.15, 0.2) is 30.3 Å². The molecule has 17 heavy (non-hydrogen) atoms. The van der Waals surface area contributed by atoms with Crippen molar-refractivity contribution in [2.24, 2.45) is 5.92 Å². The highest BCUT2D eigenvalue weighted by atomic mass is 16.5. The van der Waals surface area contributed by atoms with Gasteiger partial charge in [0.15, 0.2) is 0 Å². The van der Waals surface area contributed by atoms with Gasteiger partial charge in [0.05, 0.1) is 19.3 Å². The second-order valence-electron chi connectivity index (χ2n) is 4.98. The highest BCUT2D eigenvalue weighted by Crippen LogP contribution is 2.22. The van der Waals surface area contributed by atoms with Gasteiger partial charge in [-0.05, 0) is 18.4 Å². The van der Waals surface area contributed by atoms with E-state index in [1.165, 1.54) is 0 Å². The molecule has 2 N–H and O–H groups in total. The second-order valence-corrected chi connectivity index (χ2v) is 4.98. The fraction of sp³-hybridized carbons (Fsp3) is 0.571. The van der Waals surface area contributed by atoms with Crippen LogP contribution in [0.1, 0.15) is 26.3 Å². The van der Waals surface area contributed by atoms with Gasteiger partial charge < -0.3 is 14.9 Å². The van der Waals surface area contributed by atoms with Crippen molar-refractivity contribution in [1.82, 2.24) is 0 Å². The zero-order valence-corrected chi connectivity index (χ0v) is 10.8. The minimum Gasteiger partial charge on any atom is -0.393 e. The quantitative estimate of drug-likeness (QED) is 0.796. The van der Waals surface area contributed by atoms with Gasteiger partial charge in [0, 0.05) is 0 Å². The van der Waals surface area contributed by atoms with Crippen molar-refractivity contribution < 1.29 is 14.9 Å². The molecule has 0 bridgehead atoms. The summed E-state index contributed by atoms with van der Waals surface area (Å²) >= 11 is 0. The lowest BCUT2D eigenvalue weighted by atomic mass is 9.91. The maximum Gasteiger partial charge on any atom is 0.111 e. The van der Waals surface area contributed by atoms with Crippen LogP contribution in [0.3, 0.4) is 0 Å². The summed E-state index contributed by atoms with van der Waals surface area (Å²) in [6, 6.07) is 9.81. The number of aliphatic hydroxyl groups excluding tert-OH is 1. The third-order valence-electron chi connectivity index (χ3n) is 2.81. The maximum atomic E-state index is 10.1. The molecule has 0 aliphatic heterocycles. The van der Waals surface area contributed by atoms with E-state index in [1.807, 2.05) is 44.2 Å². The normalized spacial score (nSPS) is 16.8. The average Bonchev–Trinajstić information content (AvgIpc) is 2.30. The number of hydrogen-bond acceptors (Lipinski definition) is 3. The second kappa shape index (κ2) is 6.15. The molecular weight excluding hydrogens is 216 g/mol. The molecule has 0 heterocycles. The van der Waals surface area contributed by atoms with E-state index in [2.05, 4.69) is 0 Å². The molecule has 3 nitrogen and oxygen atoms in total. The van der Waals surface area contributed by atoms with Crippen molar-refractivity contribution in [1.29, 1.82) is 0 Å². The molecule has 0 radical (unpaired) electrons. The van der Waals surface area contributed by atoms with Crippen LogP contribution >= 0.6 is 0 Å². The first-order valence-corrected chi connectivity index (χ1v) is 5.96. The monoisotopic (exact) mass is 238 g/mol. The zero-order valence-electron chi connectivity index (χ0n) is 10.8. The van der Waals surface area contributed by atoms with Crippen LogP contribution in [0.4, 0.5) is 0 Å². The minimum absolute atomic E-state index is 0.140. The molecule has 96 valence electrons. The van der Waals surface area contributed by atoms with Crippen LogP contribution in [-0.2, 0) is 11.3 Å². The topological polar surface area (TPSA) is 49.7 Å². The van der Waals surface area contributed by atoms with Gasteiger partial charge in [-0.2, -0.15) is 0 Å². The van der Waals surface area contributed by atoms with Crippen LogP contribution in [0, 0.1) is 5.92 Å². The highest BCUT2D eigenvalue weighted by Gasteiger charge is 2.34. The van der Waals surface area contributed by atoms with Crippen molar-refractivity contribution in [3.63, 3.8) is 0 Å². The Morgan fingerprint density at radius 3 is 2.29 bits per heavy atom. The molecule has 0 saturated carbocycles. The van der Waals surface area contributed by atoms with E-state index < -0.39 is 5.60 Å². The molecule has 0 fully saturated rings. The van der Waals surface area contributed by atoms with E-state index in [-0.39, 0.29) is 18.6 Å². The third kappa shape index (κ3) is 4.11. The first-order chi connectivity index (χ1) is 7.97. The van der Waals surface area contributed by atoms with Gasteiger partial charge in [0.25, 0.3) is 0 Å². The van der Waals surface area contributed by atoms with Crippen LogP contribution in [0.2, 0.25) is 0 Å². The van der Waals surface area contributed by atoms with Crippen LogP contribution in [0.25, 0.3) is 0 Å². The van der Waals surface area contributed by atoms with Gasteiger partial charge in [-0.3, -0.25) is 0 Å². The van der Waals surface area contributed by atoms with Crippen molar-refractivity contribution in [2.45, 2.75) is 39.1 Å². The number of aliphatic hydroxyl groups is 2. The highest BCUT2D eigenvalue weighted by molar-refractivity contribution is 5.13. The summed E-state index contributed by atoms with van der Waals surface area (Å²) in [5.74, 6) is 0.140. The van der Waals surface area contributed by atoms with E-state index in [9.17, 15) is 10.2 Å². The maximum absolute atomic E-state index is 10.1. The minimum atomic E-state index is -1.21. The molecule has 0 spiro atoms. The molecule has 0 saturated heterocycles. The van der Waals surface area contributed by atoms with Gasteiger partial charge in [-0.15, -0.1) is 0 Å². The van der Waals surface area contributed by atoms with Crippen LogP contribution < -0.4 is 0 Å². The smallest absolute Gasteiger partial charge is 0.111 e. The van der Waals surface area contributed by atoms with E-state index in [0.29, 0.717) is 6.61 Å². The largest absolute Gasteiger partial charge is 0.393 e. The average molecular weight is 238 g/mol. The van der Waals surface area contributed by atoms with Crippen LogP contribution in [-0.4, -0.2) is 28.5 Å². The van der Waals surface area contributed by atoms with Gasteiger partial charge in [-0.1, -0.05) is 44.2 Å². The predicted octanol–water partition coefficient (Wildman–Crippen LogP) is 1.97. The Morgan fingerprint density at radius 2 is 1.82 bits per heavy atom. The summed E-state index contributed by atoms with van der Waals surface area (Å²) in [5, 5.41) is 19.2. The van der Waals surface area contributed by atoms with Crippen molar-refractivity contribution in [3.8, 4) is 0 Å². The van der Waals surface area contributed by atoms with Crippen LogP contribution in [0.5, 0.6) is 0 Å². The first-order valence-electron chi connectivity index (χ1n) is 5.96. The Kier molecular flexibility index (Phi) is 5.12. The Balaban J connectivity index is 2.63. The molecule has 0 aliphatic rings. The van der Waals surface area contributed by atoms with Gasteiger partial charge in [0.2, 0.25) is 0 Å². The molecular formula is C14H22O3. The summed E-state index contributed by atoms with van der Waals surface area (Å²) in [6.07, 6.45) is -0.382. The summed E-state index contributed by atoms with van der Waals surface area (Å²) in [6.45, 7) is 5.69. The number of benzene rings is 1. The molecule has 0 unspecified atom stereocenters. The number of hydrogen-bond donors (Lipinski definition) is 2. The summed E-state index contributed by atoms with van der Waals surface area (Å²) in [5.41, 5.74) is -0.143. The summed E-state index contributed by atoms with van der Waals surface area (Å²) < 4.78 is 5.74. The van der Waals surface area contributed by atoms with Crippen molar-refractivity contribution in [3.05, 3.63) is 35.9 Å². The fourth-order valence-corrected chi connectivity index (χ4v) is 1.94. The van der Waals surface area contributed by atoms with E-state index >= 15 is 0 Å². The fourth-order valence-electron chi connectivity index (χ4n) is 1.94. The lowest BCUT2D eigenvalue weighted by molar-refractivity contribution is -0.144. The van der Waals surface area contributed by atoms with Crippen molar-refractivity contribution >= 4 is 0 Å². The SMILES string of the molecule is CC(C)[C@@H](OCc1ccccc1)[C@](C)(O)CO. The first kappa shape index (κ1) is 14.2. The molecule has 1 rings (SSSR count). The van der Waals surface area contributed by atoms with Gasteiger partial charge in [-0.25, -0.2) is 0 Å². The van der Waals surface area contributed by atoms with Crippen molar-refractivity contribution in [2.75, 3.05) is 6.61 Å². The van der Waals surface area contributed by atoms with E-state index in [1.54, 1.807) is 6.92 Å². The lowest BCUT2D eigenvalue weighted by Gasteiger charge is -2.34. The molecule has 0 aliphatic carbocycles. The molecule has 3 heteroatoms. The van der Waals surface area contributed by atoms with E-state index in [4.69, 9.17) is 4.74 Å². The predicted molar refractivity (Wildman–Crippen MR) is 67.6 cm³/mol.